The molecule has 3 aliphatic carbocycles. The SMILES string of the molecule is CC(C)=c1c#cc(=C2CCCCC2)c#cc(=C(C)C)c#cc(=C2CCCCC2)c#cc(=C(C)C)c#cc(=C2CCCCC2)c#c1. The van der Waals surface area contributed by atoms with E-state index in [2.05, 4.69) is 114 Å². The lowest BCUT2D eigenvalue weighted by atomic mass is 9.94. The Morgan fingerprint density at radius 3 is 0.667 bits per heavy atom. The monoisotopic (exact) mass is 588 g/mol. The van der Waals surface area contributed by atoms with Gasteiger partial charge in [-0.2, -0.15) is 0 Å². The summed E-state index contributed by atoms with van der Waals surface area (Å²) in [6, 6.07) is 41.7. The molecule has 0 aliphatic heterocycles. The molecule has 1 aromatic carbocycles. The Morgan fingerprint density at radius 1 is 0.289 bits per heavy atom. The molecule has 3 saturated carbocycles. The van der Waals surface area contributed by atoms with Gasteiger partial charge in [0.05, 0.1) is 31.3 Å². The molecule has 0 aromatic heterocycles. The summed E-state index contributed by atoms with van der Waals surface area (Å²) in [5.41, 5.74) is 7.46. The highest BCUT2D eigenvalue weighted by Gasteiger charge is 2.07. The van der Waals surface area contributed by atoms with Crippen molar-refractivity contribution < 1.29 is 0 Å². The molecule has 0 atom stereocenters. The zero-order chi connectivity index (χ0) is 32.0. The van der Waals surface area contributed by atoms with Gasteiger partial charge >= 0.3 is 0 Å². The topological polar surface area (TPSA) is 0 Å². The standard InChI is InChI=1S/C45H48/c1-34(2)37-22-28-43(40-16-10-7-11-17-40)30-24-38(35(3)4)26-32-45(42-20-14-9-15-21-42)33-27-39(36(5)6)25-31-44(29-23-37)41-18-12-8-13-19-41/h7-21H2,1-6H3. The van der Waals surface area contributed by atoms with E-state index in [-0.39, 0.29) is 0 Å². The van der Waals surface area contributed by atoms with Crippen LogP contribution in [0.25, 0.3) is 33.4 Å². The Labute approximate surface area is 274 Å². The normalized spacial score (nSPS) is 15.5. The lowest BCUT2D eigenvalue weighted by Crippen LogP contribution is -2.09. The van der Waals surface area contributed by atoms with Crippen molar-refractivity contribution in [3.8, 4) is 0 Å². The highest BCUT2D eigenvalue weighted by molar-refractivity contribution is 5.45. The van der Waals surface area contributed by atoms with Gasteiger partial charge in [-0.1, -0.05) is 109 Å². The quantitative estimate of drug-likeness (QED) is 0.321. The maximum absolute atomic E-state index is 3.50. The third kappa shape index (κ3) is 10.4. The highest BCUT2D eigenvalue weighted by atomic mass is 14.1. The van der Waals surface area contributed by atoms with Crippen LogP contribution in [0.2, 0.25) is 0 Å². The van der Waals surface area contributed by atoms with Crippen LogP contribution in [0.1, 0.15) is 138 Å². The second-order valence-electron chi connectivity index (χ2n) is 13.2. The first-order chi connectivity index (χ1) is 21.8. The van der Waals surface area contributed by atoms with Crippen LogP contribution >= 0.6 is 0 Å². The van der Waals surface area contributed by atoms with E-state index >= 15 is 0 Å². The number of hydrogen-bond acceptors (Lipinski definition) is 0. The van der Waals surface area contributed by atoms with Gasteiger partial charge < -0.3 is 0 Å². The van der Waals surface area contributed by atoms with Crippen LogP contribution in [0.15, 0.2) is 0 Å². The molecule has 0 unspecified atom stereocenters. The van der Waals surface area contributed by atoms with Gasteiger partial charge in [-0.05, 0) is 135 Å². The van der Waals surface area contributed by atoms with Crippen LogP contribution in [-0.4, -0.2) is 0 Å². The molecular formula is C45H48. The molecule has 3 fully saturated rings. The van der Waals surface area contributed by atoms with E-state index in [9.17, 15) is 0 Å². The van der Waals surface area contributed by atoms with E-state index < -0.39 is 0 Å². The van der Waals surface area contributed by atoms with E-state index in [1.165, 1.54) is 74.5 Å². The maximum Gasteiger partial charge on any atom is 0.0744 e. The van der Waals surface area contributed by atoms with Crippen LogP contribution in [0.4, 0.5) is 0 Å². The molecule has 1 aromatic rings. The summed E-state index contributed by atoms with van der Waals surface area (Å²) < 4.78 is 0. The molecule has 0 heterocycles. The predicted molar refractivity (Wildman–Crippen MR) is 187 cm³/mol. The first-order valence-corrected chi connectivity index (χ1v) is 17.1. The van der Waals surface area contributed by atoms with Crippen molar-refractivity contribution in [2.24, 2.45) is 0 Å². The Hall–Kier alpha value is -4.20. The van der Waals surface area contributed by atoms with Crippen LogP contribution in [0, 0.1) is 72.8 Å². The summed E-state index contributed by atoms with van der Waals surface area (Å²) in [6.07, 6.45) is 17.4. The fourth-order valence-corrected chi connectivity index (χ4v) is 5.90. The zero-order valence-electron chi connectivity index (χ0n) is 28.6. The van der Waals surface area contributed by atoms with Gasteiger partial charge in [-0.3, -0.25) is 0 Å². The second kappa shape index (κ2) is 17.3. The van der Waals surface area contributed by atoms with Gasteiger partial charge in [0.2, 0.25) is 0 Å². The van der Waals surface area contributed by atoms with Gasteiger partial charge in [-0.25, -0.2) is 0 Å². The average molecular weight is 589 g/mol. The van der Waals surface area contributed by atoms with E-state index in [0.29, 0.717) is 0 Å². The van der Waals surface area contributed by atoms with Crippen molar-refractivity contribution in [2.45, 2.75) is 138 Å². The van der Waals surface area contributed by atoms with Gasteiger partial charge in [0.15, 0.2) is 0 Å². The van der Waals surface area contributed by atoms with Crippen molar-refractivity contribution in [1.29, 1.82) is 0 Å². The molecule has 0 bridgehead atoms. The molecule has 4 rings (SSSR count). The Bertz CT molecular complexity index is 1460. The van der Waals surface area contributed by atoms with Crippen LogP contribution in [-0.2, 0) is 0 Å². The van der Waals surface area contributed by atoms with Crippen LogP contribution < -0.4 is 31.3 Å². The smallest absolute Gasteiger partial charge is 0.0527 e. The molecule has 0 N–H and O–H groups in total. The second-order valence-corrected chi connectivity index (χ2v) is 13.2. The van der Waals surface area contributed by atoms with Gasteiger partial charge in [-0.15, -0.1) is 0 Å². The average Bonchev–Trinajstić information content (AvgIpc) is 3.05. The lowest BCUT2D eigenvalue weighted by Gasteiger charge is -2.11. The first-order valence-electron chi connectivity index (χ1n) is 17.1. The van der Waals surface area contributed by atoms with E-state index in [0.717, 1.165) is 86.6 Å². The molecule has 228 valence electrons. The van der Waals surface area contributed by atoms with Crippen molar-refractivity contribution in [3.05, 3.63) is 104 Å². The van der Waals surface area contributed by atoms with Crippen molar-refractivity contribution in [3.63, 3.8) is 0 Å². The molecule has 0 heteroatoms. The summed E-state index contributed by atoms with van der Waals surface area (Å²) in [5, 5.41) is 5.41. The van der Waals surface area contributed by atoms with Crippen LogP contribution in [0.3, 0.4) is 0 Å². The van der Waals surface area contributed by atoms with Crippen molar-refractivity contribution in [2.75, 3.05) is 0 Å². The molecule has 0 nitrogen and oxygen atoms in total. The Balaban J connectivity index is 2.21. The van der Waals surface area contributed by atoms with Crippen molar-refractivity contribution in [1.82, 2.24) is 0 Å². The van der Waals surface area contributed by atoms with E-state index in [1.807, 2.05) is 0 Å². The molecule has 45 heavy (non-hydrogen) atoms. The zero-order valence-corrected chi connectivity index (χ0v) is 28.6. The van der Waals surface area contributed by atoms with Crippen molar-refractivity contribution >= 4 is 33.4 Å². The number of hydrogen-bond donors (Lipinski definition) is 0. The number of rotatable bonds is 0. The van der Waals surface area contributed by atoms with E-state index in [1.54, 1.807) is 0 Å². The summed E-state index contributed by atoms with van der Waals surface area (Å²) in [6.45, 7) is 12.6. The summed E-state index contributed by atoms with van der Waals surface area (Å²) in [7, 11) is 0. The maximum atomic E-state index is 3.50. The third-order valence-electron chi connectivity index (χ3n) is 8.81. The molecular weight excluding hydrogens is 540 g/mol. The summed E-state index contributed by atoms with van der Waals surface area (Å²) >= 11 is 0. The van der Waals surface area contributed by atoms with Gasteiger partial charge in [0.1, 0.15) is 0 Å². The molecule has 0 amide bonds. The molecule has 0 saturated heterocycles. The minimum atomic E-state index is 0.857. The first kappa shape index (κ1) is 33.7. The fraction of sp³-hybridized carbons (Fsp3) is 0.467. The molecule has 0 spiro atoms. The minimum Gasteiger partial charge on any atom is -0.0527 e. The largest absolute Gasteiger partial charge is 0.0744 e. The highest BCUT2D eigenvalue weighted by Crippen LogP contribution is 2.23. The summed E-state index contributed by atoms with van der Waals surface area (Å²) in [4.78, 5) is 0. The lowest BCUT2D eigenvalue weighted by molar-refractivity contribution is 0.644. The van der Waals surface area contributed by atoms with Crippen LogP contribution in [0.5, 0.6) is 0 Å². The molecule has 3 aliphatic rings. The fourth-order valence-electron chi connectivity index (χ4n) is 5.90. The summed E-state index contributed by atoms with van der Waals surface area (Å²) in [5.74, 6) is 0. The minimum absolute atomic E-state index is 0.857. The van der Waals surface area contributed by atoms with E-state index in [4.69, 9.17) is 0 Å². The Kier molecular flexibility index (Phi) is 13.0. The van der Waals surface area contributed by atoms with Gasteiger partial charge in [0.25, 0.3) is 0 Å². The Morgan fingerprint density at radius 2 is 0.489 bits per heavy atom. The predicted octanol–water partition coefficient (Wildman–Crippen LogP) is 6.58. The van der Waals surface area contributed by atoms with Gasteiger partial charge in [0, 0.05) is 0 Å². The third-order valence-corrected chi connectivity index (χ3v) is 8.81. The molecule has 0 radical (unpaired) electrons.